The first-order chi connectivity index (χ1) is 7.80. The van der Waals surface area contributed by atoms with E-state index in [2.05, 4.69) is 20.0 Å². The minimum atomic E-state index is -5.08. The highest BCUT2D eigenvalue weighted by atomic mass is 19.4. The molecule has 0 radical (unpaired) electrons. The average molecular weight is 255 g/mol. The van der Waals surface area contributed by atoms with Crippen LogP contribution in [-0.4, -0.2) is 40.5 Å². The molecule has 1 aromatic rings. The summed E-state index contributed by atoms with van der Waals surface area (Å²) in [5.41, 5.74) is 0. The molecule has 2 rings (SSSR count). The molecule has 0 aromatic carbocycles. The van der Waals surface area contributed by atoms with Gasteiger partial charge in [-0.05, 0) is 0 Å². The van der Waals surface area contributed by atoms with Crippen LogP contribution in [0.3, 0.4) is 0 Å². The summed E-state index contributed by atoms with van der Waals surface area (Å²) >= 11 is 0. The molecule has 17 heavy (non-hydrogen) atoms. The number of hydrogen-bond acceptors (Lipinski definition) is 5. The van der Waals surface area contributed by atoms with E-state index in [9.17, 15) is 18.0 Å². The molecule has 0 saturated carbocycles. The van der Waals surface area contributed by atoms with Crippen LogP contribution in [0.4, 0.5) is 13.2 Å². The lowest BCUT2D eigenvalue weighted by atomic mass is 10.0. The van der Waals surface area contributed by atoms with Crippen molar-refractivity contribution in [2.24, 2.45) is 0 Å². The van der Waals surface area contributed by atoms with Crippen LogP contribution in [0.5, 0.6) is 0 Å². The SMILES string of the molecule is O=C(O)C(F)(F)F.O=c1[nH]c(C2CNC2)no1. The monoisotopic (exact) mass is 255 g/mol. The fourth-order valence-electron chi connectivity index (χ4n) is 0.899. The van der Waals surface area contributed by atoms with Crippen LogP contribution in [0.1, 0.15) is 11.7 Å². The molecule has 0 bridgehead atoms. The summed E-state index contributed by atoms with van der Waals surface area (Å²) < 4.78 is 36.1. The van der Waals surface area contributed by atoms with Gasteiger partial charge in [-0.1, -0.05) is 5.16 Å². The Morgan fingerprint density at radius 1 is 1.47 bits per heavy atom. The van der Waals surface area contributed by atoms with Crippen molar-refractivity contribution in [3.63, 3.8) is 0 Å². The molecule has 1 saturated heterocycles. The first-order valence-corrected chi connectivity index (χ1v) is 4.37. The lowest BCUT2D eigenvalue weighted by Crippen LogP contribution is -2.40. The van der Waals surface area contributed by atoms with Crippen LogP contribution in [0.2, 0.25) is 0 Å². The minimum absolute atomic E-state index is 0.339. The Morgan fingerprint density at radius 3 is 2.24 bits per heavy atom. The Kier molecular flexibility index (Phi) is 3.89. The van der Waals surface area contributed by atoms with E-state index >= 15 is 0 Å². The van der Waals surface area contributed by atoms with Gasteiger partial charge in [0.2, 0.25) is 0 Å². The van der Waals surface area contributed by atoms with Crippen LogP contribution in [0.25, 0.3) is 0 Å². The highest BCUT2D eigenvalue weighted by Crippen LogP contribution is 2.13. The normalized spacial score (nSPS) is 15.7. The number of carbonyl (C=O) groups is 1. The van der Waals surface area contributed by atoms with Crippen molar-refractivity contribution in [1.29, 1.82) is 0 Å². The van der Waals surface area contributed by atoms with Gasteiger partial charge in [-0.25, -0.2) is 9.59 Å². The maximum absolute atomic E-state index is 10.6. The molecule has 3 N–H and O–H groups in total. The van der Waals surface area contributed by atoms with Gasteiger partial charge in [-0.3, -0.25) is 9.51 Å². The molecule has 96 valence electrons. The molecule has 0 aliphatic carbocycles. The lowest BCUT2D eigenvalue weighted by Gasteiger charge is -2.23. The second-order valence-electron chi connectivity index (χ2n) is 3.14. The molecule has 2 heterocycles. The number of alkyl halides is 3. The van der Waals surface area contributed by atoms with Crippen LogP contribution in [0.15, 0.2) is 9.32 Å². The number of aromatic amines is 1. The number of aromatic nitrogens is 2. The number of aliphatic carboxylic acids is 1. The van der Waals surface area contributed by atoms with Gasteiger partial charge in [0.25, 0.3) is 0 Å². The minimum Gasteiger partial charge on any atom is -0.475 e. The molecule has 0 amide bonds. The average Bonchev–Trinajstić information content (AvgIpc) is 2.48. The van der Waals surface area contributed by atoms with E-state index in [1.165, 1.54) is 0 Å². The van der Waals surface area contributed by atoms with Crippen LogP contribution in [0, 0.1) is 0 Å². The second kappa shape index (κ2) is 4.99. The predicted octanol–water partition coefficient (Wildman–Crippen LogP) is -0.317. The molecule has 0 unspecified atom stereocenters. The van der Waals surface area contributed by atoms with E-state index in [1.807, 2.05) is 0 Å². The Bertz CT molecular complexity index is 434. The van der Waals surface area contributed by atoms with Gasteiger partial charge in [0, 0.05) is 19.0 Å². The van der Waals surface area contributed by atoms with Gasteiger partial charge in [0.1, 0.15) is 0 Å². The van der Waals surface area contributed by atoms with Gasteiger partial charge < -0.3 is 10.4 Å². The third-order valence-electron chi connectivity index (χ3n) is 1.87. The third-order valence-corrected chi connectivity index (χ3v) is 1.87. The molecule has 0 spiro atoms. The van der Waals surface area contributed by atoms with Gasteiger partial charge in [-0.15, -0.1) is 0 Å². The highest BCUT2D eigenvalue weighted by molar-refractivity contribution is 5.73. The Balaban J connectivity index is 0.000000185. The lowest BCUT2D eigenvalue weighted by molar-refractivity contribution is -0.192. The predicted molar refractivity (Wildman–Crippen MR) is 46.4 cm³/mol. The largest absolute Gasteiger partial charge is 0.490 e. The number of carboxylic acid groups (broad SMARTS) is 1. The summed E-state index contributed by atoms with van der Waals surface area (Å²) in [6.45, 7) is 1.75. The molecule has 1 aromatic heterocycles. The van der Waals surface area contributed by atoms with Crippen molar-refractivity contribution >= 4 is 5.97 Å². The number of carboxylic acids is 1. The van der Waals surface area contributed by atoms with Crippen LogP contribution in [-0.2, 0) is 4.79 Å². The summed E-state index contributed by atoms with van der Waals surface area (Å²) in [6.07, 6.45) is -5.08. The van der Waals surface area contributed by atoms with Crippen molar-refractivity contribution in [2.45, 2.75) is 12.1 Å². The van der Waals surface area contributed by atoms with Gasteiger partial charge in [-0.2, -0.15) is 13.2 Å². The topological polar surface area (TPSA) is 108 Å². The molecular formula is C7H8F3N3O4. The molecule has 7 nitrogen and oxygen atoms in total. The van der Waals surface area contributed by atoms with Crippen LogP contribution >= 0.6 is 0 Å². The summed E-state index contributed by atoms with van der Waals surface area (Å²) in [5, 5.41) is 13.7. The number of halogens is 3. The van der Waals surface area contributed by atoms with Gasteiger partial charge >= 0.3 is 17.9 Å². The fraction of sp³-hybridized carbons (Fsp3) is 0.571. The number of H-pyrrole nitrogens is 1. The Hall–Kier alpha value is -1.84. The maximum atomic E-state index is 10.6. The Morgan fingerprint density at radius 2 is 2.00 bits per heavy atom. The van der Waals surface area contributed by atoms with Gasteiger partial charge in [0.05, 0.1) is 0 Å². The zero-order valence-electron chi connectivity index (χ0n) is 8.24. The quantitative estimate of drug-likeness (QED) is 0.634. The molecule has 1 aliphatic heterocycles. The summed E-state index contributed by atoms with van der Waals surface area (Å²) in [4.78, 5) is 21.8. The van der Waals surface area contributed by atoms with E-state index in [-0.39, 0.29) is 0 Å². The number of nitrogens with zero attached hydrogens (tertiary/aromatic N) is 1. The van der Waals surface area contributed by atoms with E-state index < -0.39 is 17.9 Å². The number of rotatable bonds is 1. The van der Waals surface area contributed by atoms with Crippen molar-refractivity contribution < 1.29 is 27.6 Å². The fourth-order valence-corrected chi connectivity index (χ4v) is 0.899. The van der Waals surface area contributed by atoms with E-state index in [4.69, 9.17) is 9.90 Å². The summed E-state index contributed by atoms with van der Waals surface area (Å²) in [7, 11) is 0. The second-order valence-corrected chi connectivity index (χ2v) is 3.14. The molecular weight excluding hydrogens is 247 g/mol. The molecule has 0 atom stereocenters. The summed E-state index contributed by atoms with van der Waals surface area (Å²) in [6, 6.07) is 0. The van der Waals surface area contributed by atoms with E-state index in [0.29, 0.717) is 11.7 Å². The Labute approximate surface area is 91.6 Å². The van der Waals surface area contributed by atoms with Crippen molar-refractivity contribution in [1.82, 2.24) is 15.5 Å². The van der Waals surface area contributed by atoms with Crippen LogP contribution < -0.4 is 11.1 Å². The standard InChI is InChI=1S/C5H7N3O2.C2HF3O2/c9-5-7-4(8-10-5)3-1-6-2-3;3-2(4,5)1(6)7/h3,6H,1-2H2,(H,7,8,9);(H,6,7). The smallest absolute Gasteiger partial charge is 0.475 e. The van der Waals surface area contributed by atoms with Crippen molar-refractivity contribution in [3.05, 3.63) is 16.4 Å². The first kappa shape index (κ1) is 13.2. The highest BCUT2D eigenvalue weighted by Gasteiger charge is 2.38. The summed E-state index contributed by atoms with van der Waals surface area (Å²) in [5.74, 6) is -2.23. The zero-order valence-corrected chi connectivity index (χ0v) is 8.24. The third kappa shape index (κ3) is 3.90. The first-order valence-electron chi connectivity index (χ1n) is 4.37. The zero-order chi connectivity index (χ0) is 13.1. The molecule has 10 heteroatoms. The number of nitrogens with one attached hydrogen (secondary N) is 2. The molecule has 1 fully saturated rings. The van der Waals surface area contributed by atoms with E-state index in [0.717, 1.165) is 13.1 Å². The van der Waals surface area contributed by atoms with Crippen molar-refractivity contribution in [2.75, 3.05) is 13.1 Å². The van der Waals surface area contributed by atoms with Crippen molar-refractivity contribution in [3.8, 4) is 0 Å². The number of hydrogen-bond donors (Lipinski definition) is 3. The maximum Gasteiger partial charge on any atom is 0.490 e. The van der Waals surface area contributed by atoms with Gasteiger partial charge in [0.15, 0.2) is 5.82 Å². The molecule has 1 aliphatic rings. The van der Waals surface area contributed by atoms with E-state index in [1.54, 1.807) is 0 Å².